The molecule has 5 aromatic rings. The first-order valence-corrected chi connectivity index (χ1v) is 13.6. The van der Waals surface area contributed by atoms with Gasteiger partial charge in [-0.05, 0) is 67.6 Å². The van der Waals surface area contributed by atoms with Gasteiger partial charge in [0.25, 0.3) is 5.91 Å². The Hall–Kier alpha value is -3.67. The van der Waals surface area contributed by atoms with Gasteiger partial charge in [0, 0.05) is 29.6 Å². The summed E-state index contributed by atoms with van der Waals surface area (Å²) < 4.78 is 10.1. The van der Waals surface area contributed by atoms with E-state index in [4.69, 9.17) is 27.9 Å². The van der Waals surface area contributed by atoms with Crippen molar-refractivity contribution in [2.75, 3.05) is 11.9 Å². The summed E-state index contributed by atoms with van der Waals surface area (Å²) in [6.45, 7) is 3.47. The second-order valence-electron chi connectivity index (χ2n) is 9.43. The van der Waals surface area contributed by atoms with E-state index in [1.54, 1.807) is 18.2 Å². The van der Waals surface area contributed by atoms with E-state index in [1.165, 1.54) is 5.56 Å². The Bertz CT molecular complexity index is 1640. The molecule has 1 aliphatic heterocycles. The zero-order valence-electron chi connectivity index (χ0n) is 21.0. The van der Waals surface area contributed by atoms with Gasteiger partial charge in [-0.3, -0.25) is 9.20 Å². The molecule has 38 heavy (non-hydrogen) atoms. The minimum atomic E-state index is -0.203. The van der Waals surface area contributed by atoms with Gasteiger partial charge in [0.15, 0.2) is 0 Å². The van der Waals surface area contributed by atoms with Crippen molar-refractivity contribution in [3.63, 3.8) is 0 Å². The second-order valence-corrected chi connectivity index (χ2v) is 10.2. The predicted octanol–water partition coefficient (Wildman–Crippen LogP) is 8.37. The molecular formula is C31H27Cl2N3O2. The molecule has 1 N–H and O–H groups in total. The lowest BCUT2D eigenvalue weighted by molar-refractivity contribution is 0.102. The topological polar surface area (TPSA) is 47.7 Å². The van der Waals surface area contributed by atoms with Crippen molar-refractivity contribution in [1.82, 2.24) is 8.97 Å². The van der Waals surface area contributed by atoms with E-state index in [0.717, 1.165) is 59.6 Å². The van der Waals surface area contributed by atoms with E-state index in [0.29, 0.717) is 28.0 Å². The van der Waals surface area contributed by atoms with Crippen molar-refractivity contribution in [3.05, 3.63) is 100 Å². The smallest absolute Gasteiger partial charge is 0.273 e. The fourth-order valence-corrected chi connectivity index (χ4v) is 5.71. The van der Waals surface area contributed by atoms with Crippen LogP contribution < -0.4 is 10.1 Å². The molecule has 3 aromatic carbocycles. The molecule has 0 atom stereocenters. The maximum atomic E-state index is 14.0. The van der Waals surface area contributed by atoms with Crippen LogP contribution in [0.15, 0.2) is 79.0 Å². The average Bonchev–Trinajstić information content (AvgIpc) is 3.35. The van der Waals surface area contributed by atoms with Gasteiger partial charge in [0.1, 0.15) is 17.1 Å². The molecule has 0 spiro atoms. The lowest BCUT2D eigenvalue weighted by Crippen LogP contribution is -2.15. The molecule has 0 aliphatic carbocycles. The molecule has 0 saturated carbocycles. The summed E-state index contributed by atoms with van der Waals surface area (Å²) >= 11 is 12.4. The molecule has 1 aliphatic rings. The third-order valence-electron chi connectivity index (χ3n) is 7.05. The van der Waals surface area contributed by atoms with Gasteiger partial charge in [-0.15, -0.1) is 0 Å². The van der Waals surface area contributed by atoms with Gasteiger partial charge in [0.05, 0.1) is 22.3 Å². The van der Waals surface area contributed by atoms with Crippen LogP contribution >= 0.6 is 23.2 Å². The molecule has 0 bridgehead atoms. The largest absolute Gasteiger partial charge is 0.494 e. The highest BCUT2D eigenvalue weighted by Crippen LogP contribution is 2.40. The number of ether oxygens (including phenoxy) is 1. The Kier molecular flexibility index (Phi) is 6.64. The fraction of sp³-hybridized carbons (Fsp3) is 0.194. The van der Waals surface area contributed by atoms with Gasteiger partial charge < -0.3 is 14.6 Å². The number of imidazole rings is 1. The van der Waals surface area contributed by atoms with Crippen LogP contribution in [-0.2, 0) is 13.0 Å². The quantitative estimate of drug-likeness (QED) is 0.234. The summed E-state index contributed by atoms with van der Waals surface area (Å²) in [6.07, 6.45) is 5.12. The van der Waals surface area contributed by atoms with Gasteiger partial charge in [-0.2, -0.15) is 0 Å². The lowest BCUT2D eigenvalue weighted by atomic mass is 9.97. The molecule has 7 heteroatoms. The highest BCUT2D eigenvalue weighted by molar-refractivity contribution is 6.42. The summed E-state index contributed by atoms with van der Waals surface area (Å²) in [6, 6.07) is 23.5. The summed E-state index contributed by atoms with van der Waals surface area (Å²) in [5.41, 5.74) is 7.62. The van der Waals surface area contributed by atoms with E-state index in [9.17, 15) is 4.79 Å². The number of aryl methyl sites for hydroxylation is 2. The van der Waals surface area contributed by atoms with Crippen LogP contribution in [0.5, 0.6) is 5.75 Å². The van der Waals surface area contributed by atoms with Crippen molar-refractivity contribution in [1.29, 1.82) is 0 Å². The first kappa shape index (κ1) is 24.7. The first-order valence-electron chi connectivity index (χ1n) is 12.9. The number of nitrogens with one attached hydrogen (secondary N) is 1. The molecule has 5 nitrogen and oxygen atoms in total. The zero-order valence-corrected chi connectivity index (χ0v) is 22.5. The minimum Gasteiger partial charge on any atom is -0.494 e. The number of halogens is 2. The summed E-state index contributed by atoms with van der Waals surface area (Å²) in [5.74, 6) is 0.606. The van der Waals surface area contributed by atoms with Gasteiger partial charge in [-0.1, -0.05) is 65.7 Å². The van der Waals surface area contributed by atoms with Gasteiger partial charge >= 0.3 is 0 Å². The van der Waals surface area contributed by atoms with Gasteiger partial charge in [-0.25, -0.2) is 0 Å². The van der Waals surface area contributed by atoms with E-state index in [2.05, 4.69) is 32.6 Å². The Balaban J connectivity index is 1.57. The number of amides is 1. The van der Waals surface area contributed by atoms with Crippen LogP contribution in [-0.4, -0.2) is 21.5 Å². The number of hydrogen-bond donors (Lipinski definition) is 1. The molecular weight excluding hydrogens is 517 g/mol. The van der Waals surface area contributed by atoms with E-state index >= 15 is 0 Å². The van der Waals surface area contributed by atoms with E-state index < -0.39 is 0 Å². The highest BCUT2D eigenvalue weighted by Gasteiger charge is 2.29. The third-order valence-corrected chi connectivity index (χ3v) is 7.79. The van der Waals surface area contributed by atoms with Crippen LogP contribution in [0.2, 0.25) is 10.0 Å². The molecule has 6 rings (SSSR count). The van der Waals surface area contributed by atoms with E-state index in [1.807, 2.05) is 49.4 Å². The Morgan fingerprint density at radius 3 is 2.47 bits per heavy atom. The Morgan fingerprint density at radius 1 is 0.947 bits per heavy atom. The number of benzene rings is 3. The van der Waals surface area contributed by atoms with Crippen LogP contribution in [0.25, 0.3) is 28.0 Å². The summed E-state index contributed by atoms with van der Waals surface area (Å²) in [4.78, 5) is 14.0. The molecule has 3 heterocycles. The summed E-state index contributed by atoms with van der Waals surface area (Å²) in [7, 11) is 0. The molecule has 0 radical (unpaired) electrons. The maximum absolute atomic E-state index is 14.0. The average molecular weight is 544 g/mol. The standard InChI is InChI=1S/C31H27Cl2N3O2/c1-2-38-23-14-11-21(12-15-23)28-24-10-6-7-17-35-27(20-8-4-3-5-9-20)19-36(31(24)35)29(28)30(37)34-22-13-16-25(32)26(33)18-22/h3-5,8-9,11-16,18-19H,2,6-7,10,17H2,1H3,(H,34,37). The second kappa shape index (κ2) is 10.2. The number of rotatable bonds is 6. The van der Waals surface area contributed by atoms with Crippen LogP contribution in [0.3, 0.4) is 0 Å². The third kappa shape index (κ3) is 4.36. The predicted molar refractivity (Wildman–Crippen MR) is 155 cm³/mol. The minimum absolute atomic E-state index is 0.203. The number of aromatic nitrogens is 2. The van der Waals surface area contributed by atoms with Crippen molar-refractivity contribution >= 4 is 40.4 Å². The Morgan fingerprint density at radius 2 is 1.74 bits per heavy atom. The number of carbonyl (C=O) groups is 1. The number of hydrogen-bond acceptors (Lipinski definition) is 2. The SMILES string of the molecule is CCOc1ccc(-c2c3c4n(c(-c5ccccc5)cn4c2C(=O)Nc2ccc(Cl)c(Cl)c2)CCCC3)cc1. The highest BCUT2D eigenvalue weighted by atomic mass is 35.5. The molecule has 1 amide bonds. The van der Waals surface area contributed by atoms with Crippen molar-refractivity contribution < 1.29 is 9.53 Å². The molecule has 192 valence electrons. The normalized spacial score (nSPS) is 12.9. The number of nitrogens with zero attached hydrogens (tertiary/aromatic N) is 2. The molecule has 0 unspecified atom stereocenters. The summed E-state index contributed by atoms with van der Waals surface area (Å²) in [5, 5.41) is 3.90. The van der Waals surface area contributed by atoms with Crippen molar-refractivity contribution in [2.45, 2.75) is 32.7 Å². The molecule has 0 saturated heterocycles. The fourth-order valence-electron chi connectivity index (χ4n) is 5.41. The van der Waals surface area contributed by atoms with Crippen molar-refractivity contribution in [3.8, 4) is 28.1 Å². The molecule has 0 fully saturated rings. The zero-order chi connectivity index (χ0) is 26.2. The van der Waals surface area contributed by atoms with Crippen LogP contribution in [0.4, 0.5) is 5.69 Å². The van der Waals surface area contributed by atoms with Crippen molar-refractivity contribution in [2.24, 2.45) is 0 Å². The Labute approximate surface area is 231 Å². The van der Waals surface area contributed by atoms with Gasteiger partial charge in [0.2, 0.25) is 0 Å². The maximum Gasteiger partial charge on any atom is 0.273 e. The first-order chi connectivity index (χ1) is 18.5. The number of carbonyl (C=O) groups excluding carboxylic acids is 1. The number of anilines is 1. The lowest BCUT2D eigenvalue weighted by Gasteiger charge is -2.11. The van der Waals surface area contributed by atoms with E-state index in [-0.39, 0.29) is 5.91 Å². The monoisotopic (exact) mass is 543 g/mol. The van der Waals surface area contributed by atoms with Crippen LogP contribution in [0, 0.1) is 0 Å². The molecule has 2 aromatic heterocycles. The van der Waals surface area contributed by atoms with Crippen LogP contribution in [0.1, 0.15) is 35.8 Å².